The average molecular weight is 424 g/mol. The lowest BCUT2D eigenvalue weighted by Gasteiger charge is -2.09. The Morgan fingerprint density at radius 3 is 2.88 bits per heavy atom. The van der Waals surface area contributed by atoms with Gasteiger partial charge in [0, 0.05) is 66.0 Å². The second-order valence-corrected chi connectivity index (χ2v) is 7.97. The molecule has 7 nitrogen and oxygen atoms in total. The molecular weight excluding hydrogens is 405 g/mol. The molecular formula is C24H19FN7. The highest BCUT2D eigenvalue weighted by molar-refractivity contribution is 5.89. The summed E-state index contributed by atoms with van der Waals surface area (Å²) in [4.78, 5) is 12.9. The van der Waals surface area contributed by atoms with Gasteiger partial charge in [0.05, 0.1) is 12.7 Å². The van der Waals surface area contributed by atoms with Gasteiger partial charge in [-0.25, -0.2) is 14.4 Å². The van der Waals surface area contributed by atoms with E-state index in [0.717, 1.165) is 52.2 Å². The Labute approximate surface area is 183 Å². The summed E-state index contributed by atoms with van der Waals surface area (Å²) in [6, 6.07) is 9.06. The fraction of sp³-hybridized carbons (Fsp3) is 0.167. The Bertz CT molecular complexity index is 1470. The average Bonchev–Trinajstić information content (AvgIpc) is 3.36. The summed E-state index contributed by atoms with van der Waals surface area (Å²) in [5.74, 6) is 2.08. The second-order valence-electron chi connectivity index (χ2n) is 7.97. The Morgan fingerprint density at radius 1 is 1.03 bits per heavy atom. The standard InChI is InChI=1S/C24H19FN7/c1-15-2-4-26-13-20(15)19-8-16-10-22(28-12-17(16)9-21(19)25)29-23-11-18-3-6-31-7-5-27-24(31)14-32(18)30-23/h2,5,7-13H,3,6,14H2,1H3,(H,28,29,30). The van der Waals surface area contributed by atoms with Crippen LogP contribution in [-0.2, 0) is 19.5 Å². The number of imidazole rings is 1. The number of rotatable bonds is 3. The van der Waals surface area contributed by atoms with Crippen LogP contribution in [0.5, 0.6) is 0 Å². The molecule has 5 heterocycles. The molecule has 0 saturated carbocycles. The summed E-state index contributed by atoms with van der Waals surface area (Å²) in [5, 5.41) is 9.61. The first kappa shape index (κ1) is 18.7. The third-order valence-electron chi connectivity index (χ3n) is 5.89. The normalized spacial score (nSPS) is 12.9. The van der Waals surface area contributed by atoms with Gasteiger partial charge in [-0.05, 0) is 42.1 Å². The quantitative estimate of drug-likeness (QED) is 0.468. The molecule has 0 spiro atoms. The van der Waals surface area contributed by atoms with E-state index in [1.165, 1.54) is 6.07 Å². The maximum absolute atomic E-state index is 14.8. The summed E-state index contributed by atoms with van der Waals surface area (Å²) < 4.78 is 18.9. The molecule has 0 saturated heterocycles. The highest BCUT2D eigenvalue weighted by Crippen LogP contribution is 2.30. The van der Waals surface area contributed by atoms with E-state index >= 15 is 0 Å². The van der Waals surface area contributed by atoms with Crippen molar-refractivity contribution >= 4 is 22.4 Å². The molecule has 8 heteroatoms. The Hall–Kier alpha value is -4.07. The predicted octanol–water partition coefficient (Wildman–Crippen LogP) is 4.29. The molecule has 32 heavy (non-hydrogen) atoms. The van der Waals surface area contributed by atoms with E-state index in [2.05, 4.69) is 31.0 Å². The number of halogens is 1. The van der Waals surface area contributed by atoms with Crippen LogP contribution < -0.4 is 5.32 Å². The lowest BCUT2D eigenvalue weighted by molar-refractivity contribution is 0.633. The molecule has 0 unspecified atom stereocenters. The van der Waals surface area contributed by atoms with E-state index in [-0.39, 0.29) is 5.82 Å². The van der Waals surface area contributed by atoms with Gasteiger partial charge in [-0.15, -0.1) is 0 Å². The molecule has 1 radical (unpaired) electrons. The summed E-state index contributed by atoms with van der Waals surface area (Å²) in [7, 11) is 0. The molecule has 1 aliphatic heterocycles. The number of aromatic nitrogens is 6. The summed E-state index contributed by atoms with van der Waals surface area (Å²) in [6.07, 6.45) is 10.8. The SMILES string of the molecule is Cc1c[c]ncc1-c1cc2cc(Nc3cc4n(n3)Cc3nccn3CC4)ncc2cc1F. The minimum Gasteiger partial charge on any atom is -0.333 e. The van der Waals surface area contributed by atoms with Crippen LogP contribution in [0.4, 0.5) is 16.0 Å². The number of nitrogens with one attached hydrogen (secondary N) is 1. The van der Waals surface area contributed by atoms with Crippen molar-refractivity contribution in [1.82, 2.24) is 29.3 Å². The molecule has 157 valence electrons. The second kappa shape index (κ2) is 7.26. The Balaban J connectivity index is 1.33. The third kappa shape index (κ3) is 3.20. The monoisotopic (exact) mass is 424 g/mol. The van der Waals surface area contributed by atoms with Crippen LogP contribution in [0.15, 0.2) is 55.1 Å². The molecule has 0 amide bonds. The van der Waals surface area contributed by atoms with Crippen LogP contribution >= 0.6 is 0 Å². The van der Waals surface area contributed by atoms with Crippen LogP contribution in [0, 0.1) is 18.9 Å². The van der Waals surface area contributed by atoms with Gasteiger partial charge in [-0.3, -0.25) is 9.67 Å². The van der Waals surface area contributed by atoms with Crippen LogP contribution in [-0.4, -0.2) is 29.3 Å². The molecule has 0 atom stereocenters. The van der Waals surface area contributed by atoms with Crippen LogP contribution in [0.2, 0.25) is 0 Å². The van der Waals surface area contributed by atoms with Crippen molar-refractivity contribution in [3.63, 3.8) is 0 Å². The van der Waals surface area contributed by atoms with Gasteiger partial charge in [0.25, 0.3) is 0 Å². The Morgan fingerprint density at radius 2 is 1.97 bits per heavy atom. The lowest BCUT2D eigenvalue weighted by atomic mass is 9.99. The lowest BCUT2D eigenvalue weighted by Crippen LogP contribution is -2.06. The van der Waals surface area contributed by atoms with Crippen molar-refractivity contribution < 1.29 is 4.39 Å². The predicted molar refractivity (Wildman–Crippen MR) is 119 cm³/mol. The van der Waals surface area contributed by atoms with Gasteiger partial charge in [0.2, 0.25) is 0 Å². The number of aryl methyl sites for hydroxylation is 3. The van der Waals surface area contributed by atoms with E-state index in [1.807, 2.05) is 42.2 Å². The van der Waals surface area contributed by atoms with E-state index in [9.17, 15) is 4.39 Å². The number of pyridine rings is 2. The van der Waals surface area contributed by atoms with Gasteiger partial charge in [0.1, 0.15) is 17.5 Å². The van der Waals surface area contributed by atoms with Crippen molar-refractivity contribution in [3.05, 3.63) is 84.2 Å². The molecule has 1 aliphatic rings. The minimum absolute atomic E-state index is 0.299. The highest BCUT2D eigenvalue weighted by atomic mass is 19.1. The summed E-state index contributed by atoms with van der Waals surface area (Å²) >= 11 is 0. The largest absolute Gasteiger partial charge is 0.333 e. The first-order valence-corrected chi connectivity index (χ1v) is 10.4. The number of anilines is 2. The molecule has 1 N–H and O–H groups in total. The third-order valence-corrected chi connectivity index (χ3v) is 5.89. The van der Waals surface area contributed by atoms with Crippen molar-refractivity contribution in [1.29, 1.82) is 0 Å². The number of hydrogen-bond acceptors (Lipinski definition) is 5. The zero-order valence-electron chi connectivity index (χ0n) is 17.4. The molecule has 0 aliphatic carbocycles. The fourth-order valence-corrected chi connectivity index (χ4v) is 4.19. The van der Waals surface area contributed by atoms with Gasteiger partial charge in [-0.2, -0.15) is 5.10 Å². The van der Waals surface area contributed by atoms with Gasteiger partial charge < -0.3 is 9.88 Å². The van der Waals surface area contributed by atoms with Gasteiger partial charge in [-0.1, -0.05) is 0 Å². The van der Waals surface area contributed by atoms with Crippen molar-refractivity contribution in [2.24, 2.45) is 0 Å². The minimum atomic E-state index is -0.299. The number of hydrogen-bond donors (Lipinski definition) is 1. The molecule has 4 aromatic heterocycles. The smallest absolute Gasteiger partial charge is 0.153 e. The van der Waals surface area contributed by atoms with Gasteiger partial charge >= 0.3 is 0 Å². The maximum atomic E-state index is 14.8. The zero-order valence-corrected chi connectivity index (χ0v) is 17.4. The van der Waals surface area contributed by atoms with Crippen LogP contribution in [0.25, 0.3) is 21.9 Å². The molecule has 0 fully saturated rings. The van der Waals surface area contributed by atoms with Crippen LogP contribution in [0.3, 0.4) is 0 Å². The number of benzene rings is 1. The number of nitrogens with zero attached hydrogens (tertiary/aromatic N) is 6. The van der Waals surface area contributed by atoms with Gasteiger partial charge in [0.15, 0.2) is 5.82 Å². The molecule has 0 bridgehead atoms. The summed E-state index contributed by atoms with van der Waals surface area (Å²) in [5.41, 5.74) is 3.33. The molecule has 6 rings (SSSR count). The molecule has 1 aromatic carbocycles. The topological polar surface area (TPSA) is 73.5 Å². The van der Waals surface area contributed by atoms with Crippen molar-refractivity contribution in [2.75, 3.05) is 5.32 Å². The number of fused-ring (bicyclic) bond motifs is 3. The van der Waals surface area contributed by atoms with E-state index in [0.29, 0.717) is 17.9 Å². The Kier molecular flexibility index (Phi) is 4.24. The van der Waals surface area contributed by atoms with Crippen LogP contribution in [0.1, 0.15) is 17.1 Å². The fourth-order valence-electron chi connectivity index (χ4n) is 4.19. The first-order valence-electron chi connectivity index (χ1n) is 10.4. The van der Waals surface area contributed by atoms with E-state index in [4.69, 9.17) is 5.10 Å². The highest BCUT2D eigenvalue weighted by Gasteiger charge is 2.16. The zero-order chi connectivity index (χ0) is 21.7. The first-order chi connectivity index (χ1) is 15.6. The van der Waals surface area contributed by atoms with E-state index < -0.39 is 0 Å². The van der Waals surface area contributed by atoms with E-state index in [1.54, 1.807) is 18.5 Å². The molecule has 5 aromatic rings. The van der Waals surface area contributed by atoms with Crippen molar-refractivity contribution in [3.8, 4) is 11.1 Å². The maximum Gasteiger partial charge on any atom is 0.153 e. The summed E-state index contributed by atoms with van der Waals surface area (Å²) in [6.45, 7) is 3.44. The van der Waals surface area contributed by atoms with Crippen molar-refractivity contribution in [2.45, 2.75) is 26.4 Å².